The molecule has 26 heavy (non-hydrogen) atoms. The Bertz CT molecular complexity index is 677. The number of ether oxygens (including phenoxy) is 1. The predicted molar refractivity (Wildman–Crippen MR) is 113 cm³/mol. The molecule has 0 bridgehead atoms. The lowest BCUT2D eigenvalue weighted by molar-refractivity contribution is 0.327. The molecule has 3 rings (SSSR count). The summed E-state index contributed by atoms with van der Waals surface area (Å²) >= 11 is 0. The molecule has 1 saturated heterocycles. The van der Waals surface area contributed by atoms with Crippen LogP contribution in [-0.4, -0.2) is 26.2 Å². The maximum atomic E-state index is 6.39. The first kappa shape index (κ1) is 20.6. The summed E-state index contributed by atoms with van der Waals surface area (Å²) in [5.74, 6) is 1.52. The lowest BCUT2D eigenvalue weighted by Gasteiger charge is -2.39. The molecule has 142 valence electrons. The highest BCUT2D eigenvalue weighted by atomic mass is 35.5. The van der Waals surface area contributed by atoms with Crippen LogP contribution in [-0.2, 0) is 0 Å². The van der Waals surface area contributed by atoms with E-state index in [1.165, 1.54) is 36.1 Å². The number of benzene rings is 2. The van der Waals surface area contributed by atoms with Crippen LogP contribution in [0.1, 0.15) is 32.6 Å². The van der Waals surface area contributed by atoms with Gasteiger partial charge in [0.25, 0.3) is 0 Å². The van der Waals surface area contributed by atoms with Gasteiger partial charge in [-0.15, -0.1) is 12.4 Å². The highest BCUT2D eigenvalue weighted by Crippen LogP contribution is 2.36. The van der Waals surface area contributed by atoms with Crippen molar-refractivity contribution in [3.63, 3.8) is 0 Å². The van der Waals surface area contributed by atoms with Gasteiger partial charge >= 0.3 is 0 Å². The van der Waals surface area contributed by atoms with Gasteiger partial charge in [0, 0.05) is 19.1 Å². The quantitative estimate of drug-likeness (QED) is 0.761. The van der Waals surface area contributed by atoms with Gasteiger partial charge in [-0.25, -0.2) is 0 Å². The topological polar surface area (TPSA) is 38.5 Å². The molecule has 1 fully saturated rings. The first-order chi connectivity index (χ1) is 12.2. The van der Waals surface area contributed by atoms with Crippen LogP contribution >= 0.6 is 12.4 Å². The fraction of sp³-hybridized carbons (Fsp3) is 0.455. The van der Waals surface area contributed by atoms with Gasteiger partial charge in [-0.1, -0.05) is 56.2 Å². The number of halogens is 1. The van der Waals surface area contributed by atoms with Crippen molar-refractivity contribution in [2.45, 2.75) is 38.6 Å². The van der Waals surface area contributed by atoms with Crippen molar-refractivity contribution in [3.05, 3.63) is 48.5 Å². The molecule has 0 radical (unpaired) electrons. The SMILES string of the molecule is CCCC[C@@H]1CN(c2cc(-c3ccccc3)ccc2OC)CC[C@H]1N.Cl. The second kappa shape index (κ2) is 9.84. The fourth-order valence-electron chi connectivity index (χ4n) is 3.79. The molecule has 0 saturated carbocycles. The van der Waals surface area contributed by atoms with Crippen LogP contribution in [0.15, 0.2) is 48.5 Å². The summed E-state index contributed by atoms with van der Waals surface area (Å²) in [6.45, 7) is 4.27. The minimum Gasteiger partial charge on any atom is -0.495 e. The highest BCUT2D eigenvalue weighted by Gasteiger charge is 2.27. The van der Waals surface area contributed by atoms with Gasteiger partial charge in [0.1, 0.15) is 5.75 Å². The summed E-state index contributed by atoms with van der Waals surface area (Å²) in [6, 6.07) is 17.4. The average molecular weight is 375 g/mol. The molecular formula is C22H31ClN2O. The van der Waals surface area contributed by atoms with Gasteiger partial charge in [0.05, 0.1) is 12.8 Å². The fourth-order valence-corrected chi connectivity index (χ4v) is 3.79. The molecule has 0 aliphatic carbocycles. The number of hydrogen-bond donors (Lipinski definition) is 1. The van der Waals surface area contributed by atoms with E-state index in [4.69, 9.17) is 10.5 Å². The first-order valence-corrected chi connectivity index (χ1v) is 9.47. The molecular weight excluding hydrogens is 344 g/mol. The van der Waals surface area contributed by atoms with Crippen LogP contribution in [0, 0.1) is 5.92 Å². The van der Waals surface area contributed by atoms with Crippen molar-refractivity contribution in [2.24, 2.45) is 11.7 Å². The van der Waals surface area contributed by atoms with Crippen molar-refractivity contribution in [2.75, 3.05) is 25.1 Å². The van der Waals surface area contributed by atoms with Gasteiger partial charge in [-0.05, 0) is 42.0 Å². The number of methoxy groups -OCH3 is 1. The van der Waals surface area contributed by atoms with Crippen molar-refractivity contribution in [1.29, 1.82) is 0 Å². The third kappa shape index (κ3) is 4.72. The zero-order valence-electron chi connectivity index (χ0n) is 15.9. The molecule has 1 aliphatic rings. The van der Waals surface area contributed by atoms with Crippen LogP contribution in [0.4, 0.5) is 5.69 Å². The molecule has 3 nitrogen and oxygen atoms in total. The van der Waals surface area contributed by atoms with Crippen molar-refractivity contribution in [1.82, 2.24) is 0 Å². The van der Waals surface area contributed by atoms with E-state index in [0.29, 0.717) is 12.0 Å². The zero-order valence-corrected chi connectivity index (χ0v) is 16.7. The molecule has 1 heterocycles. The van der Waals surface area contributed by atoms with E-state index in [0.717, 1.165) is 25.3 Å². The summed E-state index contributed by atoms with van der Waals surface area (Å²) in [7, 11) is 1.76. The Morgan fingerprint density at radius 1 is 1.12 bits per heavy atom. The monoisotopic (exact) mass is 374 g/mol. The van der Waals surface area contributed by atoms with Crippen molar-refractivity contribution >= 4 is 18.1 Å². The van der Waals surface area contributed by atoms with E-state index in [1.807, 2.05) is 0 Å². The summed E-state index contributed by atoms with van der Waals surface area (Å²) in [5.41, 5.74) is 10.1. The number of nitrogens with zero attached hydrogens (tertiary/aromatic N) is 1. The summed E-state index contributed by atoms with van der Waals surface area (Å²) < 4.78 is 5.66. The van der Waals surface area contributed by atoms with Crippen LogP contribution < -0.4 is 15.4 Å². The van der Waals surface area contributed by atoms with E-state index < -0.39 is 0 Å². The number of nitrogens with two attached hydrogens (primary N) is 1. The molecule has 2 N–H and O–H groups in total. The Balaban J connectivity index is 0.00000243. The molecule has 0 amide bonds. The van der Waals surface area contributed by atoms with E-state index in [9.17, 15) is 0 Å². The molecule has 2 atom stereocenters. The van der Waals surface area contributed by atoms with E-state index in [2.05, 4.69) is 60.4 Å². The lowest BCUT2D eigenvalue weighted by atomic mass is 9.88. The smallest absolute Gasteiger partial charge is 0.142 e. The molecule has 4 heteroatoms. The summed E-state index contributed by atoms with van der Waals surface area (Å²) in [6.07, 6.45) is 4.76. The zero-order chi connectivity index (χ0) is 17.6. The summed E-state index contributed by atoms with van der Waals surface area (Å²) in [5, 5.41) is 0. The molecule has 1 aliphatic heterocycles. The van der Waals surface area contributed by atoms with E-state index in [-0.39, 0.29) is 12.4 Å². The second-order valence-corrected chi connectivity index (χ2v) is 7.05. The van der Waals surface area contributed by atoms with Gasteiger partial charge in [-0.2, -0.15) is 0 Å². The third-order valence-electron chi connectivity index (χ3n) is 5.35. The summed E-state index contributed by atoms with van der Waals surface area (Å²) in [4.78, 5) is 2.47. The number of anilines is 1. The van der Waals surface area contributed by atoms with Crippen molar-refractivity contribution < 1.29 is 4.74 Å². The largest absolute Gasteiger partial charge is 0.495 e. The molecule has 0 spiro atoms. The Hall–Kier alpha value is -1.71. The maximum Gasteiger partial charge on any atom is 0.142 e. The highest BCUT2D eigenvalue weighted by molar-refractivity contribution is 5.85. The van der Waals surface area contributed by atoms with Gasteiger partial charge < -0.3 is 15.4 Å². The minimum atomic E-state index is 0. The maximum absolute atomic E-state index is 6.39. The Kier molecular flexibility index (Phi) is 7.80. The van der Waals surface area contributed by atoms with Crippen LogP contribution in [0.3, 0.4) is 0 Å². The van der Waals surface area contributed by atoms with Gasteiger partial charge in [-0.3, -0.25) is 0 Å². The van der Waals surface area contributed by atoms with E-state index in [1.54, 1.807) is 7.11 Å². The van der Waals surface area contributed by atoms with Gasteiger partial charge in [0.2, 0.25) is 0 Å². The Labute approximate surface area is 163 Å². The lowest BCUT2D eigenvalue weighted by Crippen LogP contribution is -2.47. The number of rotatable bonds is 6. The van der Waals surface area contributed by atoms with E-state index >= 15 is 0 Å². The predicted octanol–water partition coefficient (Wildman–Crippen LogP) is 5.13. The van der Waals surface area contributed by atoms with Gasteiger partial charge in [0.15, 0.2) is 0 Å². The molecule has 0 unspecified atom stereocenters. The van der Waals surface area contributed by atoms with Crippen LogP contribution in [0.25, 0.3) is 11.1 Å². The second-order valence-electron chi connectivity index (χ2n) is 7.05. The third-order valence-corrected chi connectivity index (χ3v) is 5.35. The Morgan fingerprint density at radius 3 is 2.58 bits per heavy atom. The molecule has 0 aromatic heterocycles. The average Bonchev–Trinajstić information content (AvgIpc) is 2.67. The minimum absolute atomic E-state index is 0. The Morgan fingerprint density at radius 2 is 1.88 bits per heavy atom. The van der Waals surface area contributed by atoms with Crippen LogP contribution in [0.5, 0.6) is 5.75 Å². The molecule has 2 aromatic rings. The number of piperidine rings is 1. The standard InChI is InChI=1S/C22H30N2O.ClH/c1-3-4-8-19-16-24(14-13-20(19)23)21-15-18(11-12-22(21)25-2)17-9-6-5-7-10-17;/h5-7,9-12,15,19-20H,3-4,8,13-14,16,23H2,1-2H3;1H/t19-,20-;/m1./s1. The first-order valence-electron chi connectivity index (χ1n) is 9.47. The number of hydrogen-bond acceptors (Lipinski definition) is 3. The molecule has 2 aromatic carbocycles. The number of unbranched alkanes of at least 4 members (excludes halogenated alkanes) is 1. The van der Waals surface area contributed by atoms with Crippen molar-refractivity contribution in [3.8, 4) is 16.9 Å². The van der Waals surface area contributed by atoms with Crippen LogP contribution in [0.2, 0.25) is 0 Å². The normalized spacial score (nSPS) is 19.7.